The van der Waals surface area contributed by atoms with Crippen molar-refractivity contribution in [3.63, 3.8) is 0 Å². The summed E-state index contributed by atoms with van der Waals surface area (Å²) in [6.07, 6.45) is 1.14. The molecule has 0 unspecified atom stereocenters. The number of amides is 2. The maximum absolute atomic E-state index is 13.1. The Labute approximate surface area is 176 Å². The summed E-state index contributed by atoms with van der Waals surface area (Å²) >= 11 is 1.29. The molecule has 1 aliphatic heterocycles. The molecule has 154 valence electrons. The summed E-state index contributed by atoms with van der Waals surface area (Å²) in [6.45, 7) is 9.68. The third kappa shape index (κ3) is 5.79. The zero-order valence-corrected chi connectivity index (χ0v) is 18.3. The van der Waals surface area contributed by atoms with Crippen LogP contribution >= 0.6 is 11.8 Å². The van der Waals surface area contributed by atoms with Crippen LogP contribution in [0.5, 0.6) is 0 Å². The molecule has 2 aromatic rings. The molecule has 6 nitrogen and oxygen atoms in total. The van der Waals surface area contributed by atoms with Gasteiger partial charge in [-0.3, -0.25) is 9.59 Å². The Kier molecular flexibility index (Phi) is 6.90. The fourth-order valence-electron chi connectivity index (χ4n) is 3.85. The van der Waals surface area contributed by atoms with Gasteiger partial charge in [-0.1, -0.05) is 37.7 Å². The molecule has 1 aromatic heterocycles. The van der Waals surface area contributed by atoms with E-state index in [0.717, 1.165) is 30.9 Å². The van der Waals surface area contributed by atoms with Gasteiger partial charge >= 0.3 is 0 Å². The number of aromatic nitrogens is 2. The molecule has 0 radical (unpaired) electrons. The first-order valence-electron chi connectivity index (χ1n) is 9.95. The van der Waals surface area contributed by atoms with Crippen molar-refractivity contribution in [2.45, 2.75) is 39.3 Å². The first-order chi connectivity index (χ1) is 13.8. The summed E-state index contributed by atoms with van der Waals surface area (Å²) in [5.41, 5.74) is 2.84. The van der Waals surface area contributed by atoms with Crippen molar-refractivity contribution >= 4 is 29.3 Å². The Morgan fingerprint density at radius 1 is 1.10 bits per heavy atom. The summed E-state index contributed by atoms with van der Waals surface area (Å²) in [6, 6.07) is 9.11. The number of hydrogen-bond donors (Lipinski definition) is 1. The number of carbonyl (C=O) groups is 2. The Morgan fingerprint density at radius 2 is 1.72 bits per heavy atom. The van der Waals surface area contributed by atoms with E-state index in [-0.39, 0.29) is 17.6 Å². The number of rotatable bonds is 5. The van der Waals surface area contributed by atoms with Crippen LogP contribution in [0.15, 0.2) is 35.5 Å². The third-order valence-electron chi connectivity index (χ3n) is 4.88. The lowest BCUT2D eigenvalue weighted by atomic mass is 9.91. The SMILES string of the molecule is Cc1cc(C)nc(SCC(=O)Nc2ccccc2C(=O)N2C[C@H](C)C[C@H](C)C2)n1. The third-order valence-corrected chi connectivity index (χ3v) is 5.73. The van der Waals surface area contributed by atoms with Gasteiger partial charge in [-0.05, 0) is 50.3 Å². The number of carbonyl (C=O) groups excluding carboxylic acids is 2. The highest BCUT2D eigenvalue weighted by Crippen LogP contribution is 2.25. The molecule has 1 fully saturated rings. The maximum Gasteiger partial charge on any atom is 0.255 e. The number of aryl methyl sites for hydroxylation is 2. The van der Waals surface area contributed by atoms with Gasteiger partial charge in [0.2, 0.25) is 5.91 Å². The van der Waals surface area contributed by atoms with Gasteiger partial charge in [-0.25, -0.2) is 9.97 Å². The summed E-state index contributed by atoms with van der Waals surface area (Å²) in [7, 11) is 0. The number of nitrogens with zero attached hydrogens (tertiary/aromatic N) is 3. The first-order valence-corrected chi connectivity index (χ1v) is 10.9. The van der Waals surface area contributed by atoms with Crippen LogP contribution in [0.4, 0.5) is 5.69 Å². The molecule has 1 aliphatic rings. The second-order valence-corrected chi connectivity index (χ2v) is 8.91. The van der Waals surface area contributed by atoms with E-state index in [1.807, 2.05) is 36.9 Å². The molecule has 0 aliphatic carbocycles. The molecule has 0 saturated carbocycles. The van der Waals surface area contributed by atoms with E-state index in [1.165, 1.54) is 11.8 Å². The normalized spacial score (nSPS) is 19.1. The number of anilines is 1. The number of piperidine rings is 1. The Hall–Kier alpha value is -2.41. The highest BCUT2D eigenvalue weighted by molar-refractivity contribution is 7.99. The zero-order chi connectivity index (χ0) is 21.0. The monoisotopic (exact) mass is 412 g/mol. The zero-order valence-electron chi connectivity index (χ0n) is 17.4. The van der Waals surface area contributed by atoms with Gasteiger partial charge in [-0.2, -0.15) is 0 Å². The summed E-state index contributed by atoms with van der Waals surface area (Å²) in [5, 5.41) is 3.47. The maximum atomic E-state index is 13.1. The first kappa shape index (κ1) is 21.3. The lowest BCUT2D eigenvalue weighted by Crippen LogP contribution is -2.42. The van der Waals surface area contributed by atoms with Gasteiger partial charge in [0.15, 0.2) is 5.16 Å². The van der Waals surface area contributed by atoms with Gasteiger partial charge in [0, 0.05) is 24.5 Å². The van der Waals surface area contributed by atoms with Crippen LogP contribution < -0.4 is 5.32 Å². The standard InChI is InChI=1S/C22H28N4O2S/c1-14-9-15(2)12-26(11-14)21(28)18-7-5-6-8-19(18)25-20(27)13-29-22-23-16(3)10-17(4)24-22/h5-8,10,14-15H,9,11-13H2,1-4H3,(H,25,27)/t14-,15+. The lowest BCUT2D eigenvalue weighted by molar-refractivity contribution is -0.113. The van der Waals surface area contributed by atoms with Crippen LogP contribution in [0.3, 0.4) is 0 Å². The Balaban J connectivity index is 1.66. The fraction of sp³-hybridized carbons (Fsp3) is 0.455. The molecular formula is C22H28N4O2S. The minimum atomic E-state index is -0.182. The Bertz CT molecular complexity index is 872. The van der Waals surface area contributed by atoms with Crippen LogP contribution in [0, 0.1) is 25.7 Å². The molecule has 0 spiro atoms. The van der Waals surface area contributed by atoms with Crippen LogP contribution in [-0.4, -0.2) is 45.5 Å². The van der Waals surface area contributed by atoms with Crippen LogP contribution in [0.25, 0.3) is 0 Å². The number of hydrogen-bond acceptors (Lipinski definition) is 5. The van der Waals surface area contributed by atoms with Crippen molar-refractivity contribution in [1.29, 1.82) is 0 Å². The molecule has 1 aromatic carbocycles. The van der Waals surface area contributed by atoms with Crippen LogP contribution in [0.2, 0.25) is 0 Å². The molecular weight excluding hydrogens is 384 g/mol. The van der Waals surface area contributed by atoms with E-state index in [1.54, 1.807) is 12.1 Å². The summed E-state index contributed by atoms with van der Waals surface area (Å²) in [4.78, 5) is 36.2. The molecule has 7 heteroatoms. The van der Waals surface area contributed by atoms with Crippen molar-refractivity contribution in [2.24, 2.45) is 11.8 Å². The smallest absolute Gasteiger partial charge is 0.255 e. The van der Waals surface area contributed by atoms with Crippen molar-refractivity contribution in [3.05, 3.63) is 47.3 Å². The van der Waals surface area contributed by atoms with Gasteiger partial charge in [-0.15, -0.1) is 0 Å². The number of nitrogens with one attached hydrogen (secondary N) is 1. The molecule has 2 amide bonds. The second-order valence-electron chi connectivity index (χ2n) is 7.97. The van der Waals surface area contributed by atoms with Crippen molar-refractivity contribution in [3.8, 4) is 0 Å². The van der Waals surface area contributed by atoms with Gasteiger partial charge in [0.05, 0.1) is 17.0 Å². The molecule has 2 atom stereocenters. The number of para-hydroxylation sites is 1. The average molecular weight is 413 g/mol. The van der Waals surface area contributed by atoms with E-state index in [0.29, 0.717) is 28.2 Å². The van der Waals surface area contributed by atoms with E-state index < -0.39 is 0 Å². The van der Waals surface area contributed by atoms with Crippen molar-refractivity contribution in [2.75, 3.05) is 24.2 Å². The second kappa shape index (κ2) is 9.39. The highest BCUT2D eigenvalue weighted by atomic mass is 32.2. The lowest BCUT2D eigenvalue weighted by Gasteiger charge is -2.35. The number of thioether (sulfide) groups is 1. The van der Waals surface area contributed by atoms with Crippen LogP contribution in [0.1, 0.15) is 42.0 Å². The molecule has 29 heavy (non-hydrogen) atoms. The summed E-state index contributed by atoms with van der Waals surface area (Å²) < 4.78 is 0. The summed E-state index contributed by atoms with van der Waals surface area (Å²) in [5.74, 6) is 0.948. The van der Waals surface area contributed by atoms with Crippen molar-refractivity contribution in [1.82, 2.24) is 14.9 Å². The molecule has 2 heterocycles. The quantitative estimate of drug-likeness (QED) is 0.595. The van der Waals surface area contributed by atoms with E-state index in [4.69, 9.17) is 0 Å². The minimum Gasteiger partial charge on any atom is -0.338 e. The average Bonchev–Trinajstić information content (AvgIpc) is 2.65. The number of benzene rings is 1. The van der Waals surface area contributed by atoms with E-state index in [2.05, 4.69) is 29.1 Å². The highest BCUT2D eigenvalue weighted by Gasteiger charge is 2.27. The predicted octanol–water partition coefficient (Wildman–Crippen LogP) is 3.94. The molecule has 1 saturated heterocycles. The van der Waals surface area contributed by atoms with E-state index in [9.17, 15) is 9.59 Å². The predicted molar refractivity (Wildman–Crippen MR) is 116 cm³/mol. The molecule has 3 rings (SSSR count). The van der Waals surface area contributed by atoms with Gasteiger partial charge in [0.1, 0.15) is 0 Å². The largest absolute Gasteiger partial charge is 0.338 e. The minimum absolute atomic E-state index is 0.0235. The molecule has 0 bridgehead atoms. The fourth-order valence-corrected chi connectivity index (χ4v) is 4.60. The molecule has 1 N–H and O–H groups in total. The van der Waals surface area contributed by atoms with Gasteiger partial charge in [0.25, 0.3) is 5.91 Å². The van der Waals surface area contributed by atoms with Crippen LogP contribution in [-0.2, 0) is 4.79 Å². The van der Waals surface area contributed by atoms with E-state index >= 15 is 0 Å². The van der Waals surface area contributed by atoms with Crippen molar-refractivity contribution < 1.29 is 9.59 Å². The Morgan fingerprint density at radius 3 is 2.38 bits per heavy atom. The topological polar surface area (TPSA) is 75.2 Å². The number of likely N-dealkylation sites (tertiary alicyclic amines) is 1. The van der Waals surface area contributed by atoms with Gasteiger partial charge < -0.3 is 10.2 Å².